The van der Waals surface area contributed by atoms with Crippen LogP contribution in [-0.2, 0) is 16.8 Å². The van der Waals surface area contributed by atoms with Crippen LogP contribution in [0.1, 0.15) is 11.1 Å². The molecule has 0 saturated carbocycles. The van der Waals surface area contributed by atoms with E-state index in [1.165, 1.54) is 25.3 Å². The van der Waals surface area contributed by atoms with E-state index >= 15 is 0 Å². The highest BCUT2D eigenvalue weighted by Gasteiger charge is 2.31. The lowest BCUT2D eigenvalue weighted by molar-refractivity contribution is -0.0365. The maximum Gasteiger partial charge on any atom is 0.129 e. The van der Waals surface area contributed by atoms with Crippen LogP contribution in [0.4, 0.5) is 8.78 Å². The van der Waals surface area contributed by atoms with Crippen molar-refractivity contribution in [3.8, 4) is 0 Å². The molecule has 0 aromatic heterocycles. The average molecular weight is 278 g/mol. The summed E-state index contributed by atoms with van der Waals surface area (Å²) >= 11 is 0. The van der Waals surface area contributed by atoms with Crippen LogP contribution >= 0.6 is 0 Å². The third kappa shape index (κ3) is 3.03. The first-order valence-corrected chi connectivity index (χ1v) is 6.26. The molecule has 106 valence electrons. The molecule has 0 aliphatic rings. The maximum absolute atomic E-state index is 13.7. The van der Waals surface area contributed by atoms with E-state index in [1.807, 2.05) is 0 Å². The number of hydrogen-bond acceptors (Lipinski definition) is 2. The van der Waals surface area contributed by atoms with Crippen LogP contribution in [0, 0.1) is 11.6 Å². The van der Waals surface area contributed by atoms with E-state index in [1.54, 1.807) is 30.3 Å². The highest BCUT2D eigenvalue weighted by molar-refractivity contribution is 5.28. The molecule has 0 spiro atoms. The third-order valence-corrected chi connectivity index (χ3v) is 3.23. The maximum atomic E-state index is 13.7. The van der Waals surface area contributed by atoms with Crippen molar-refractivity contribution in [2.24, 2.45) is 0 Å². The molecular weight excluding hydrogens is 262 g/mol. The number of rotatable bonds is 5. The topological polar surface area (TPSA) is 29.5 Å². The molecule has 2 nitrogen and oxygen atoms in total. The number of halogens is 2. The molecule has 0 saturated heterocycles. The Morgan fingerprint density at radius 3 is 2.15 bits per heavy atom. The zero-order chi connectivity index (χ0) is 14.6. The van der Waals surface area contributed by atoms with Gasteiger partial charge in [-0.25, -0.2) is 8.78 Å². The first kappa shape index (κ1) is 14.6. The van der Waals surface area contributed by atoms with Crippen molar-refractivity contribution < 1.29 is 18.6 Å². The van der Waals surface area contributed by atoms with Gasteiger partial charge in [-0.05, 0) is 17.7 Å². The Hall–Kier alpha value is -1.78. The highest BCUT2D eigenvalue weighted by Crippen LogP contribution is 2.28. The molecule has 4 heteroatoms. The van der Waals surface area contributed by atoms with Crippen LogP contribution in [0.3, 0.4) is 0 Å². The molecule has 0 radical (unpaired) electrons. The highest BCUT2D eigenvalue weighted by atomic mass is 19.1. The molecular formula is C16H16F2O2. The third-order valence-electron chi connectivity index (χ3n) is 3.23. The molecule has 0 heterocycles. The van der Waals surface area contributed by atoms with Gasteiger partial charge >= 0.3 is 0 Å². The summed E-state index contributed by atoms with van der Waals surface area (Å²) in [6.45, 7) is -0.0508. The quantitative estimate of drug-likeness (QED) is 0.911. The Morgan fingerprint density at radius 1 is 1.00 bits per heavy atom. The van der Waals surface area contributed by atoms with Crippen LogP contribution in [-0.4, -0.2) is 18.8 Å². The summed E-state index contributed by atoms with van der Waals surface area (Å²) in [6, 6.07) is 12.4. The molecule has 2 aromatic rings. The van der Waals surface area contributed by atoms with Gasteiger partial charge in [0.1, 0.15) is 17.2 Å². The molecule has 0 aliphatic carbocycles. The Bertz CT molecular complexity index is 552. The minimum absolute atomic E-state index is 0.0508. The van der Waals surface area contributed by atoms with Crippen molar-refractivity contribution in [1.29, 1.82) is 0 Å². The fourth-order valence-electron chi connectivity index (χ4n) is 2.22. The van der Waals surface area contributed by atoms with E-state index in [9.17, 15) is 13.9 Å². The van der Waals surface area contributed by atoms with Gasteiger partial charge in [-0.1, -0.05) is 36.4 Å². The fraction of sp³-hybridized carbons (Fsp3) is 0.250. The zero-order valence-corrected chi connectivity index (χ0v) is 11.1. The fourth-order valence-corrected chi connectivity index (χ4v) is 2.22. The largest absolute Gasteiger partial charge is 0.382 e. The Balaban J connectivity index is 2.40. The van der Waals surface area contributed by atoms with Crippen LogP contribution in [0.5, 0.6) is 0 Å². The summed E-state index contributed by atoms with van der Waals surface area (Å²) in [6.07, 6.45) is -0.191. The van der Waals surface area contributed by atoms with Crippen molar-refractivity contribution in [1.82, 2.24) is 0 Å². The first-order chi connectivity index (χ1) is 9.57. The van der Waals surface area contributed by atoms with Crippen molar-refractivity contribution in [2.45, 2.75) is 12.0 Å². The van der Waals surface area contributed by atoms with Crippen LogP contribution in [0.15, 0.2) is 48.5 Å². The SMILES string of the molecule is COCC(O)(Cc1c(F)cccc1F)c1ccccc1. The Kier molecular flexibility index (Phi) is 4.47. The molecule has 1 unspecified atom stereocenters. The average Bonchev–Trinajstić information content (AvgIpc) is 2.44. The van der Waals surface area contributed by atoms with Crippen LogP contribution < -0.4 is 0 Å². The monoisotopic (exact) mass is 278 g/mol. The van der Waals surface area contributed by atoms with Gasteiger partial charge in [0, 0.05) is 19.1 Å². The van der Waals surface area contributed by atoms with E-state index in [0.717, 1.165) is 0 Å². The summed E-state index contributed by atoms with van der Waals surface area (Å²) in [5.41, 5.74) is -1.06. The molecule has 0 amide bonds. The number of aliphatic hydroxyl groups is 1. The van der Waals surface area contributed by atoms with Gasteiger partial charge in [0.15, 0.2) is 0 Å². The lowest BCUT2D eigenvalue weighted by Crippen LogP contribution is -2.34. The van der Waals surface area contributed by atoms with E-state index in [2.05, 4.69) is 0 Å². The summed E-state index contributed by atoms with van der Waals surface area (Å²) in [5.74, 6) is -1.34. The summed E-state index contributed by atoms with van der Waals surface area (Å²) in [4.78, 5) is 0. The van der Waals surface area contributed by atoms with E-state index in [4.69, 9.17) is 4.74 Å². The number of benzene rings is 2. The molecule has 20 heavy (non-hydrogen) atoms. The second-order valence-electron chi connectivity index (χ2n) is 4.71. The predicted molar refractivity (Wildman–Crippen MR) is 72.3 cm³/mol. The van der Waals surface area contributed by atoms with Gasteiger partial charge < -0.3 is 9.84 Å². The van der Waals surface area contributed by atoms with Gasteiger partial charge in [0.05, 0.1) is 6.61 Å². The van der Waals surface area contributed by atoms with Gasteiger partial charge in [0.2, 0.25) is 0 Å². The summed E-state index contributed by atoms with van der Waals surface area (Å²) < 4.78 is 32.5. The van der Waals surface area contributed by atoms with Crippen molar-refractivity contribution in [2.75, 3.05) is 13.7 Å². The van der Waals surface area contributed by atoms with Gasteiger partial charge in [-0.15, -0.1) is 0 Å². The predicted octanol–water partition coefficient (Wildman–Crippen LogP) is 3.04. The first-order valence-electron chi connectivity index (χ1n) is 6.26. The number of hydrogen-bond donors (Lipinski definition) is 1. The summed E-state index contributed by atoms with van der Waals surface area (Å²) in [7, 11) is 1.44. The van der Waals surface area contributed by atoms with Gasteiger partial charge in [-0.3, -0.25) is 0 Å². The van der Waals surface area contributed by atoms with Crippen molar-refractivity contribution in [3.63, 3.8) is 0 Å². The minimum Gasteiger partial charge on any atom is -0.382 e. The van der Waals surface area contributed by atoms with Crippen LogP contribution in [0.2, 0.25) is 0 Å². The van der Waals surface area contributed by atoms with Crippen molar-refractivity contribution >= 4 is 0 Å². The minimum atomic E-state index is -1.47. The zero-order valence-electron chi connectivity index (χ0n) is 11.1. The molecule has 2 aromatic carbocycles. The number of methoxy groups -OCH3 is 1. The molecule has 1 atom stereocenters. The molecule has 1 N–H and O–H groups in total. The van der Waals surface area contributed by atoms with Gasteiger partial charge in [-0.2, -0.15) is 0 Å². The second-order valence-corrected chi connectivity index (χ2v) is 4.71. The standard InChI is InChI=1S/C16H16F2O2/c1-20-11-16(19,12-6-3-2-4-7-12)10-13-14(17)8-5-9-15(13)18/h2-9,19H,10-11H2,1H3. The van der Waals surface area contributed by atoms with Crippen LogP contribution in [0.25, 0.3) is 0 Å². The summed E-state index contributed by atoms with van der Waals surface area (Å²) in [5, 5.41) is 10.7. The lowest BCUT2D eigenvalue weighted by Gasteiger charge is -2.28. The molecule has 2 rings (SSSR count). The van der Waals surface area contributed by atoms with Gasteiger partial charge in [0.25, 0.3) is 0 Å². The van der Waals surface area contributed by atoms with Crippen molar-refractivity contribution in [3.05, 3.63) is 71.3 Å². The normalized spacial score (nSPS) is 14.0. The van der Waals surface area contributed by atoms with E-state index in [0.29, 0.717) is 5.56 Å². The smallest absolute Gasteiger partial charge is 0.129 e. The Morgan fingerprint density at radius 2 is 1.60 bits per heavy atom. The number of ether oxygens (including phenoxy) is 1. The molecule has 0 bridgehead atoms. The Labute approximate surface area is 116 Å². The molecule has 0 fully saturated rings. The second kappa shape index (κ2) is 6.11. The lowest BCUT2D eigenvalue weighted by atomic mass is 9.87. The van der Waals surface area contributed by atoms with E-state index < -0.39 is 17.2 Å². The van der Waals surface area contributed by atoms with E-state index in [-0.39, 0.29) is 18.6 Å². The molecule has 0 aliphatic heterocycles.